The summed E-state index contributed by atoms with van der Waals surface area (Å²) in [7, 11) is -3.14. The van der Waals surface area contributed by atoms with Crippen LogP contribution in [0.2, 0.25) is 5.02 Å². The molecule has 0 spiro atoms. The van der Waals surface area contributed by atoms with Crippen LogP contribution in [0, 0.1) is 5.92 Å². The van der Waals surface area contributed by atoms with Crippen LogP contribution in [-0.2, 0) is 32.3 Å². The average Bonchev–Trinajstić information content (AvgIpc) is 2.97. The third-order valence-corrected chi connectivity index (χ3v) is 8.58. The number of sulfonamides is 1. The second kappa shape index (κ2) is 14.1. The fraction of sp³-hybridized carbons (Fsp3) is 0.333. The molecule has 0 radical (unpaired) electrons. The van der Waals surface area contributed by atoms with Gasteiger partial charge in [0, 0.05) is 13.1 Å². The molecule has 43 heavy (non-hydrogen) atoms. The van der Waals surface area contributed by atoms with Gasteiger partial charge in [0.2, 0.25) is 11.8 Å². The molecule has 13 heteroatoms. The molecule has 0 saturated heterocycles. The summed E-state index contributed by atoms with van der Waals surface area (Å²) in [6.07, 6.45) is -4.81. The molecule has 0 fully saturated rings. The lowest BCUT2D eigenvalue weighted by Gasteiger charge is -2.32. The minimum absolute atomic E-state index is 0.119. The number of nitrogens with zero attached hydrogens (tertiary/aromatic N) is 2. The Morgan fingerprint density at radius 2 is 1.65 bits per heavy atom. The first-order valence-electron chi connectivity index (χ1n) is 13.3. The van der Waals surface area contributed by atoms with Crippen LogP contribution in [-0.4, -0.2) is 51.4 Å². The van der Waals surface area contributed by atoms with Crippen molar-refractivity contribution < 1.29 is 35.9 Å². The predicted molar refractivity (Wildman–Crippen MR) is 158 cm³/mol. The van der Waals surface area contributed by atoms with Gasteiger partial charge in [-0.1, -0.05) is 55.8 Å². The molecule has 3 rings (SSSR count). The van der Waals surface area contributed by atoms with Gasteiger partial charge in [0.1, 0.15) is 18.3 Å². The Kier molecular flexibility index (Phi) is 11.1. The lowest BCUT2D eigenvalue weighted by atomic mass is 10.1. The van der Waals surface area contributed by atoms with Crippen molar-refractivity contribution in [2.45, 2.75) is 44.4 Å². The van der Waals surface area contributed by atoms with E-state index >= 15 is 0 Å². The topological polar surface area (TPSA) is 96.0 Å². The third-order valence-electron chi connectivity index (χ3n) is 6.49. The number of nitrogens with one attached hydrogen (secondary N) is 1. The lowest BCUT2D eigenvalue weighted by Crippen LogP contribution is -2.51. The zero-order chi connectivity index (χ0) is 31.9. The maximum absolute atomic E-state index is 14.0. The second-order valence-corrected chi connectivity index (χ2v) is 12.4. The number of ether oxygens (including phenoxy) is 1. The molecule has 0 unspecified atom stereocenters. The van der Waals surface area contributed by atoms with Crippen LogP contribution < -0.4 is 14.4 Å². The summed E-state index contributed by atoms with van der Waals surface area (Å²) >= 11 is 6.27. The van der Waals surface area contributed by atoms with Crippen LogP contribution in [0.1, 0.15) is 31.9 Å². The minimum atomic E-state index is -4.81. The largest absolute Gasteiger partial charge is 0.497 e. The van der Waals surface area contributed by atoms with Gasteiger partial charge in [0.05, 0.1) is 28.3 Å². The first-order chi connectivity index (χ1) is 20.1. The van der Waals surface area contributed by atoms with Crippen molar-refractivity contribution >= 4 is 39.1 Å². The SMILES string of the molecule is COc1cccc(CN(C(=O)CN(c2cc(C(F)(F)F)ccc2Cl)S(=O)(=O)c2ccccc2)[C@H](C)C(=O)NCC(C)C)c1. The number of benzene rings is 3. The Morgan fingerprint density at radius 1 is 0.977 bits per heavy atom. The van der Waals surface area contributed by atoms with Crippen LogP contribution in [0.5, 0.6) is 5.75 Å². The van der Waals surface area contributed by atoms with E-state index in [1.165, 1.54) is 43.2 Å². The summed E-state index contributed by atoms with van der Waals surface area (Å²) < 4.78 is 74.5. The van der Waals surface area contributed by atoms with E-state index in [1.807, 2.05) is 13.8 Å². The zero-order valence-electron chi connectivity index (χ0n) is 24.1. The van der Waals surface area contributed by atoms with Crippen LogP contribution >= 0.6 is 11.6 Å². The van der Waals surface area contributed by atoms with Crippen molar-refractivity contribution in [2.75, 3.05) is 24.5 Å². The number of methoxy groups -OCH3 is 1. The van der Waals surface area contributed by atoms with Crippen LogP contribution in [0.4, 0.5) is 18.9 Å². The Labute approximate surface area is 254 Å². The van der Waals surface area contributed by atoms with Crippen LogP contribution in [0.25, 0.3) is 0 Å². The van der Waals surface area contributed by atoms with Gasteiger partial charge in [-0.25, -0.2) is 8.42 Å². The van der Waals surface area contributed by atoms with Crippen molar-refractivity contribution in [3.8, 4) is 5.75 Å². The third kappa shape index (κ3) is 8.64. The van der Waals surface area contributed by atoms with Gasteiger partial charge < -0.3 is 15.0 Å². The molecular formula is C30H33ClF3N3O5S. The Hall–Kier alpha value is -3.77. The van der Waals surface area contributed by atoms with Crippen molar-refractivity contribution in [2.24, 2.45) is 5.92 Å². The van der Waals surface area contributed by atoms with Crippen molar-refractivity contribution in [3.63, 3.8) is 0 Å². The molecule has 1 atom stereocenters. The number of hydrogen-bond donors (Lipinski definition) is 1. The molecule has 2 amide bonds. The van der Waals surface area contributed by atoms with Gasteiger partial charge in [-0.15, -0.1) is 0 Å². The predicted octanol–water partition coefficient (Wildman–Crippen LogP) is 5.75. The molecule has 0 saturated carbocycles. The Morgan fingerprint density at radius 3 is 2.26 bits per heavy atom. The summed E-state index contributed by atoms with van der Waals surface area (Å²) in [5.41, 5.74) is -1.11. The van der Waals surface area contributed by atoms with E-state index in [4.69, 9.17) is 16.3 Å². The molecule has 0 bridgehead atoms. The van der Waals surface area contributed by atoms with Gasteiger partial charge in [0.15, 0.2) is 0 Å². The van der Waals surface area contributed by atoms with Gasteiger partial charge in [0.25, 0.3) is 10.0 Å². The molecule has 1 N–H and O–H groups in total. The molecule has 0 aliphatic rings. The van der Waals surface area contributed by atoms with Crippen molar-refractivity contribution in [3.05, 3.63) is 88.9 Å². The van der Waals surface area contributed by atoms with E-state index in [0.29, 0.717) is 28.2 Å². The van der Waals surface area contributed by atoms with Gasteiger partial charge in [-0.3, -0.25) is 13.9 Å². The Bertz CT molecular complexity index is 1540. The second-order valence-electron chi connectivity index (χ2n) is 10.2. The standard InChI is InChI=1S/C30H33ClF3N3O5S/c1-20(2)17-35-29(39)21(3)36(18-22-9-8-10-24(15-22)42-4)28(38)19-37(43(40,41)25-11-6-5-7-12-25)27-16-23(30(32,33)34)13-14-26(27)31/h5-16,20-21H,17-19H2,1-4H3,(H,35,39)/t21-/m1/s1. The summed E-state index contributed by atoms with van der Waals surface area (Å²) in [6, 6.07) is 14.8. The molecule has 0 aromatic heterocycles. The van der Waals surface area contributed by atoms with Gasteiger partial charge >= 0.3 is 6.18 Å². The minimum Gasteiger partial charge on any atom is -0.497 e. The zero-order valence-corrected chi connectivity index (χ0v) is 25.6. The summed E-state index contributed by atoms with van der Waals surface area (Å²) in [4.78, 5) is 28.0. The van der Waals surface area contributed by atoms with Crippen molar-refractivity contribution in [1.29, 1.82) is 0 Å². The molecule has 3 aromatic rings. The molecular weight excluding hydrogens is 607 g/mol. The Balaban J connectivity index is 2.11. The van der Waals surface area contributed by atoms with E-state index in [0.717, 1.165) is 12.1 Å². The number of carbonyl (C=O) groups is 2. The van der Waals surface area contributed by atoms with Gasteiger partial charge in [-0.2, -0.15) is 13.2 Å². The first-order valence-corrected chi connectivity index (χ1v) is 15.1. The molecule has 8 nitrogen and oxygen atoms in total. The maximum Gasteiger partial charge on any atom is 0.416 e. The first kappa shape index (κ1) is 33.7. The van der Waals surface area contributed by atoms with E-state index in [2.05, 4.69) is 5.32 Å². The highest BCUT2D eigenvalue weighted by molar-refractivity contribution is 7.92. The molecule has 232 valence electrons. The van der Waals surface area contributed by atoms with Crippen LogP contribution in [0.15, 0.2) is 77.7 Å². The lowest BCUT2D eigenvalue weighted by molar-refractivity contribution is -0.139. The highest BCUT2D eigenvalue weighted by Crippen LogP contribution is 2.37. The number of alkyl halides is 3. The smallest absolute Gasteiger partial charge is 0.416 e. The van der Waals surface area contributed by atoms with Crippen molar-refractivity contribution in [1.82, 2.24) is 10.2 Å². The van der Waals surface area contributed by atoms with E-state index in [1.54, 1.807) is 30.3 Å². The normalized spacial score (nSPS) is 12.5. The highest BCUT2D eigenvalue weighted by Gasteiger charge is 2.36. The quantitative estimate of drug-likeness (QED) is 0.272. The summed E-state index contributed by atoms with van der Waals surface area (Å²) in [5.74, 6) is -0.721. The van der Waals surface area contributed by atoms with E-state index in [-0.39, 0.29) is 22.4 Å². The maximum atomic E-state index is 14.0. The summed E-state index contributed by atoms with van der Waals surface area (Å²) in [6.45, 7) is 4.55. The summed E-state index contributed by atoms with van der Waals surface area (Å²) in [5, 5.41) is 2.45. The van der Waals surface area contributed by atoms with E-state index in [9.17, 15) is 31.2 Å². The average molecular weight is 640 g/mol. The number of anilines is 1. The molecule has 3 aromatic carbocycles. The molecule has 0 aliphatic carbocycles. The number of amides is 2. The molecule has 0 aliphatic heterocycles. The monoisotopic (exact) mass is 639 g/mol. The number of carbonyl (C=O) groups excluding carboxylic acids is 2. The van der Waals surface area contributed by atoms with Gasteiger partial charge in [-0.05, 0) is 60.9 Å². The number of rotatable bonds is 12. The van der Waals surface area contributed by atoms with E-state index < -0.39 is 51.9 Å². The highest BCUT2D eigenvalue weighted by atomic mass is 35.5. The number of halogens is 4. The fourth-order valence-electron chi connectivity index (χ4n) is 4.12. The molecule has 0 heterocycles. The van der Waals surface area contributed by atoms with Crippen LogP contribution in [0.3, 0.4) is 0 Å². The number of hydrogen-bond acceptors (Lipinski definition) is 5. The fourth-order valence-corrected chi connectivity index (χ4v) is 5.83.